The zero-order valence-electron chi connectivity index (χ0n) is 12.6. The van der Waals surface area contributed by atoms with E-state index in [0.29, 0.717) is 5.46 Å². The lowest BCUT2D eigenvalue weighted by molar-refractivity contribution is 0.426. The minimum absolute atomic E-state index is 0.476. The van der Waals surface area contributed by atoms with Crippen molar-refractivity contribution in [2.24, 2.45) is 0 Å². The molecule has 0 aliphatic carbocycles. The lowest BCUT2D eigenvalue weighted by Gasteiger charge is -2.25. The Labute approximate surface area is 168 Å². The summed E-state index contributed by atoms with van der Waals surface area (Å²) in [7, 11) is -1.45. The number of rotatable bonds is 4. The van der Waals surface area contributed by atoms with Crippen LogP contribution in [0.5, 0.6) is 0 Å². The molecule has 0 saturated heterocycles. The van der Waals surface area contributed by atoms with Gasteiger partial charge in [0, 0.05) is 24.2 Å². The van der Waals surface area contributed by atoms with Gasteiger partial charge in [0.2, 0.25) is 0 Å². The topological polar surface area (TPSA) is 43.7 Å². The standard InChI is InChI=1S/C18H14BI2NO2/c20-14-3-9-17(10-4-14)22(18-11-5-15(21)6-12-18)16-7-1-13(2-8-16)19(23)24/h1-12,23-24H. The molecule has 3 aromatic carbocycles. The Balaban J connectivity index is 2.07. The molecule has 0 heterocycles. The first-order chi connectivity index (χ1) is 11.5. The number of benzene rings is 3. The molecule has 0 aliphatic rings. The average Bonchev–Trinajstić information content (AvgIpc) is 2.59. The van der Waals surface area contributed by atoms with E-state index in [1.807, 2.05) is 12.1 Å². The molecule has 120 valence electrons. The van der Waals surface area contributed by atoms with Gasteiger partial charge in [-0.15, -0.1) is 0 Å². The van der Waals surface area contributed by atoms with Crippen LogP contribution in [-0.2, 0) is 0 Å². The first-order valence-corrected chi connectivity index (χ1v) is 9.48. The van der Waals surface area contributed by atoms with E-state index in [1.165, 1.54) is 7.14 Å². The smallest absolute Gasteiger partial charge is 0.423 e. The Hall–Kier alpha value is -1.10. The zero-order chi connectivity index (χ0) is 17.1. The van der Waals surface area contributed by atoms with Crippen molar-refractivity contribution in [1.29, 1.82) is 0 Å². The van der Waals surface area contributed by atoms with Gasteiger partial charge in [0.25, 0.3) is 0 Å². The second-order valence-corrected chi connectivity index (χ2v) is 7.74. The predicted molar refractivity (Wildman–Crippen MR) is 116 cm³/mol. The summed E-state index contributed by atoms with van der Waals surface area (Å²) < 4.78 is 2.36. The second-order valence-electron chi connectivity index (χ2n) is 5.25. The van der Waals surface area contributed by atoms with E-state index in [1.54, 1.807) is 12.1 Å². The first-order valence-electron chi connectivity index (χ1n) is 7.32. The second kappa shape index (κ2) is 7.86. The average molecular weight is 541 g/mol. The van der Waals surface area contributed by atoms with E-state index in [9.17, 15) is 10.0 Å². The fourth-order valence-electron chi connectivity index (χ4n) is 2.42. The van der Waals surface area contributed by atoms with E-state index in [4.69, 9.17) is 0 Å². The molecule has 0 amide bonds. The number of anilines is 3. The molecule has 0 radical (unpaired) electrons. The summed E-state index contributed by atoms with van der Waals surface area (Å²) in [6.07, 6.45) is 0. The Morgan fingerprint density at radius 2 is 0.917 bits per heavy atom. The molecule has 0 aliphatic heterocycles. The number of nitrogens with zero attached hydrogens (tertiary/aromatic N) is 1. The molecule has 0 bridgehead atoms. The van der Waals surface area contributed by atoms with Crippen LogP contribution in [0.4, 0.5) is 17.1 Å². The van der Waals surface area contributed by atoms with Gasteiger partial charge in [-0.05, 0) is 111 Å². The fourth-order valence-corrected chi connectivity index (χ4v) is 3.14. The lowest BCUT2D eigenvalue weighted by Crippen LogP contribution is -2.29. The molecule has 0 saturated carbocycles. The van der Waals surface area contributed by atoms with Crippen LogP contribution in [0.15, 0.2) is 72.8 Å². The molecule has 0 fully saturated rings. The minimum Gasteiger partial charge on any atom is -0.423 e. The van der Waals surface area contributed by atoms with Gasteiger partial charge in [0.1, 0.15) is 0 Å². The molecule has 2 N–H and O–H groups in total. The zero-order valence-corrected chi connectivity index (χ0v) is 16.9. The van der Waals surface area contributed by atoms with Crippen molar-refractivity contribution in [3.05, 3.63) is 79.9 Å². The van der Waals surface area contributed by atoms with Gasteiger partial charge >= 0.3 is 7.12 Å². The highest BCUT2D eigenvalue weighted by Crippen LogP contribution is 2.34. The Bertz CT molecular complexity index is 760. The SMILES string of the molecule is OB(O)c1ccc(N(c2ccc(I)cc2)c2ccc(I)cc2)cc1. The van der Waals surface area contributed by atoms with Crippen LogP contribution in [0.25, 0.3) is 0 Å². The molecule has 0 atom stereocenters. The van der Waals surface area contributed by atoms with Crippen LogP contribution in [0.1, 0.15) is 0 Å². The molecule has 0 unspecified atom stereocenters. The van der Waals surface area contributed by atoms with E-state index in [2.05, 4.69) is 98.6 Å². The maximum Gasteiger partial charge on any atom is 0.488 e. The summed E-state index contributed by atoms with van der Waals surface area (Å²) in [6, 6.07) is 23.8. The Morgan fingerprint density at radius 1 is 0.583 bits per heavy atom. The number of halogens is 2. The van der Waals surface area contributed by atoms with Crippen molar-refractivity contribution in [1.82, 2.24) is 0 Å². The monoisotopic (exact) mass is 541 g/mol. The molecule has 3 aromatic rings. The van der Waals surface area contributed by atoms with Gasteiger partial charge in [0.05, 0.1) is 0 Å². The van der Waals surface area contributed by atoms with Crippen molar-refractivity contribution >= 4 is 74.8 Å². The molecular weight excluding hydrogens is 527 g/mol. The molecule has 3 rings (SSSR count). The highest BCUT2D eigenvalue weighted by atomic mass is 127. The Morgan fingerprint density at radius 3 is 1.25 bits per heavy atom. The van der Waals surface area contributed by atoms with Crippen molar-refractivity contribution in [3.8, 4) is 0 Å². The maximum atomic E-state index is 9.29. The van der Waals surface area contributed by atoms with Crippen LogP contribution >= 0.6 is 45.2 Å². The summed E-state index contributed by atoms with van der Waals surface area (Å²) in [5, 5.41) is 18.6. The van der Waals surface area contributed by atoms with Crippen molar-refractivity contribution < 1.29 is 10.0 Å². The van der Waals surface area contributed by atoms with Crippen molar-refractivity contribution in [2.45, 2.75) is 0 Å². The number of hydrogen-bond acceptors (Lipinski definition) is 3. The normalized spacial score (nSPS) is 10.5. The van der Waals surface area contributed by atoms with Gasteiger partial charge in [-0.1, -0.05) is 12.1 Å². The van der Waals surface area contributed by atoms with Crippen molar-refractivity contribution in [3.63, 3.8) is 0 Å². The molecular formula is C18H14BI2NO2. The minimum atomic E-state index is -1.45. The Kier molecular flexibility index (Phi) is 5.80. The summed E-state index contributed by atoms with van der Waals surface area (Å²) in [6.45, 7) is 0. The van der Waals surface area contributed by atoms with Gasteiger partial charge in [-0.25, -0.2) is 0 Å². The van der Waals surface area contributed by atoms with Crippen LogP contribution in [0.2, 0.25) is 0 Å². The molecule has 0 aromatic heterocycles. The van der Waals surface area contributed by atoms with E-state index < -0.39 is 7.12 Å². The third-order valence-electron chi connectivity index (χ3n) is 3.62. The molecule has 3 nitrogen and oxygen atoms in total. The summed E-state index contributed by atoms with van der Waals surface area (Å²) in [5.74, 6) is 0. The summed E-state index contributed by atoms with van der Waals surface area (Å²) in [5.41, 5.74) is 3.54. The number of hydrogen-bond donors (Lipinski definition) is 2. The van der Waals surface area contributed by atoms with Gasteiger partial charge in [-0.3, -0.25) is 0 Å². The largest absolute Gasteiger partial charge is 0.488 e. The molecule has 0 spiro atoms. The summed E-state index contributed by atoms with van der Waals surface area (Å²) >= 11 is 4.58. The third kappa shape index (κ3) is 4.11. The highest BCUT2D eigenvalue weighted by Gasteiger charge is 2.15. The van der Waals surface area contributed by atoms with Crippen LogP contribution in [-0.4, -0.2) is 17.2 Å². The predicted octanol–water partition coefficient (Wildman–Crippen LogP) is 4.05. The third-order valence-corrected chi connectivity index (χ3v) is 5.06. The first kappa shape index (κ1) is 17.7. The van der Waals surface area contributed by atoms with Crippen LogP contribution < -0.4 is 10.4 Å². The van der Waals surface area contributed by atoms with Crippen molar-refractivity contribution in [2.75, 3.05) is 4.90 Å². The van der Waals surface area contributed by atoms with E-state index in [-0.39, 0.29) is 0 Å². The van der Waals surface area contributed by atoms with E-state index in [0.717, 1.165) is 17.1 Å². The maximum absolute atomic E-state index is 9.29. The quantitative estimate of drug-likeness (QED) is 0.388. The van der Waals surface area contributed by atoms with Gasteiger partial charge < -0.3 is 14.9 Å². The highest BCUT2D eigenvalue weighted by molar-refractivity contribution is 14.1. The van der Waals surface area contributed by atoms with Gasteiger partial charge in [-0.2, -0.15) is 0 Å². The molecule has 6 heteroatoms. The van der Waals surface area contributed by atoms with Gasteiger partial charge in [0.15, 0.2) is 0 Å². The fraction of sp³-hybridized carbons (Fsp3) is 0. The molecule has 24 heavy (non-hydrogen) atoms. The summed E-state index contributed by atoms with van der Waals surface area (Å²) in [4.78, 5) is 2.14. The van der Waals surface area contributed by atoms with Crippen LogP contribution in [0.3, 0.4) is 0 Å². The lowest BCUT2D eigenvalue weighted by atomic mass is 9.80. The van der Waals surface area contributed by atoms with E-state index >= 15 is 0 Å². The van der Waals surface area contributed by atoms with Crippen LogP contribution in [0, 0.1) is 7.14 Å².